The Morgan fingerprint density at radius 3 is 2.54 bits per heavy atom. The maximum atomic E-state index is 13.3. The first-order valence-corrected chi connectivity index (χ1v) is 7.78. The second kappa shape index (κ2) is 6.67. The van der Waals surface area contributed by atoms with Crippen LogP contribution in [0.3, 0.4) is 0 Å². The van der Waals surface area contributed by atoms with Gasteiger partial charge in [-0.1, -0.05) is 24.3 Å². The number of aromatic nitrogens is 1. The third-order valence-corrected chi connectivity index (χ3v) is 3.82. The van der Waals surface area contributed by atoms with Gasteiger partial charge in [0.1, 0.15) is 5.75 Å². The van der Waals surface area contributed by atoms with E-state index >= 15 is 0 Å². The van der Waals surface area contributed by atoms with Crippen molar-refractivity contribution in [2.45, 2.75) is 13.1 Å². The Labute approximate surface area is 146 Å². The Kier molecular flexibility index (Phi) is 4.54. The third-order valence-electron chi connectivity index (χ3n) is 3.82. The maximum Gasteiger partial charge on any atom is 0.418 e. The van der Waals surface area contributed by atoms with E-state index in [2.05, 4.69) is 4.98 Å². The van der Waals surface area contributed by atoms with Gasteiger partial charge >= 0.3 is 12.1 Å². The predicted octanol–water partition coefficient (Wildman–Crippen LogP) is 5.02. The number of alkyl halides is 3. The van der Waals surface area contributed by atoms with Crippen molar-refractivity contribution in [2.75, 3.05) is 6.61 Å². The van der Waals surface area contributed by atoms with Crippen molar-refractivity contribution < 1.29 is 27.8 Å². The SMILES string of the molecule is CCOc1cccc(-c2cc(C(=O)O)c3cccc(C(F)(F)F)c3n2)c1. The van der Waals surface area contributed by atoms with Gasteiger partial charge in [0.2, 0.25) is 0 Å². The summed E-state index contributed by atoms with van der Waals surface area (Å²) in [6, 6.07) is 11.3. The molecule has 0 radical (unpaired) electrons. The molecule has 0 saturated carbocycles. The van der Waals surface area contributed by atoms with Crippen LogP contribution >= 0.6 is 0 Å². The van der Waals surface area contributed by atoms with Crippen LogP contribution in [0.1, 0.15) is 22.8 Å². The molecule has 0 bridgehead atoms. The molecule has 0 spiro atoms. The van der Waals surface area contributed by atoms with Crippen molar-refractivity contribution in [2.24, 2.45) is 0 Å². The second-order valence-electron chi connectivity index (χ2n) is 5.52. The van der Waals surface area contributed by atoms with Crippen LogP contribution in [-0.2, 0) is 6.18 Å². The van der Waals surface area contributed by atoms with Crippen LogP contribution in [0.15, 0.2) is 48.5 Å². The number of carbonyl (C=O) groups is 1. The zero-order valence-corrected chi connectivity index (χ0v) is 13.7. The number of fused-ring (bicyclic) bond motifs is 1. The molecule has 0 atom stereocenters. The van der Waals surface area contributed by atoms with Gasteiger partial charge in [0.15, 0.2) is 0 Å². The van der Waals surface area contributed by atoms with Gasteiger partial charge in [-0.2, -0.15) is 13.2 Å². The van der Waals surface area contributed by atoms with Crippen molar-refractivity contribution in [3.05, 3.63) is 59.7 Å². The monoisotopic (exact) mass is 361 g/mol. The summed E-state index contributed by atoms with van der Waals surface area (Å²) in [4.78, 5) is 15.7. The van der Waals surface area contributed by atoms with Gasteiger partial charge in [-0.15, -0.1) is 0 Å². The van der Waals surface area contributed by atoms with Crippen LogP contribution in [0.5, 0.6) is 5.75 Å². The molecular formula is C19H14F3NO3. The molecule has 0 aliphatic carbocycles. The Bertz CT molecular complexity index is 983. The number of para-hydroxylation sites is 1. The lowest BCUT2D eigenvalue weighted by Gasteiger charge is -2.13. The minimum atomic E-state index is -4.64. The van der Waals surface area contributed by atoms with Crippen LogP contribution in [0.4, 0.5) is 13.2 Å². The number of ether oxygens (including phenoxy) is 1. The molecular weight excluding hydrogens is 347 g/mol. The molecule has 1 N–H and O–H groups in total. The number of aromatic carboxylic acids is 1. The lowest BCUT2D eigenvalue weighted by Crippen LogP contribution is -2.09. The van der Waals surface area contributed by atoms with Gasteiger partial charge in [0.05, 0.1) is 28.9 Å². The first kappa shape index (κ1) is 17.7. The van der Waals surface area contributed by atoms with Gasteiger partial charge in [0.25, 0.3) is 0 Å². The molecule has 134 valence electrons. The molecule has 2 aromatic carbocycles. The van der Waals surface area contributed by atoms with E-state index in [1.807, 2.05) is 0 Å². The quantitative estimate of drug-likeness (QED) is 0.709. The van der Waals surface area contributed by atoms with Gasteiger partial charge in [-0.25, -0.2) is 9.78 Å². The zero-order chi connectivity index (χ0) is 18.9. The first-order valence-electron chi connectivity index (χ1n) is 7.78. The van der Waals surface area contributed by atoms with Crippen LogP contribution in [0.25, 0.3) is 22.2 Å². The Morgan fingerprint density at radius 1 is 1.15 bits per heavy atom. The standard InChI is InChI=1S/C19H14F3NO3/c1-2-26-12-6-3-5-11(9-12)16-10-14(18(24)25)13-7-4-8-15(17(13)23-16)19(20,21)22/h3-10H,2H2,1H3,(H,24,25). The molecule has 0 unspecified atom stereocenters. The summed E-state index contributed by atoms with van der Waals surface area (Å²) in [5, 5.41) is 9.39. The van der Waals surface area contributed by atoms with Crippen molar-refractivity contribution >= 4 is 16.9 Å². The molecule has 0 fully saturated rings. The summed E-state index contributed by atoms with van der Waals surface area (Å²) in [7, 11) is 0. The highest BCUT2D eigenvalue weighted by molar-refractivity contribution is 6.04. The van der Waals surface area contributed by atoms with E-state index in [0.29, 0.717) is 17.9 Å². The average Bonchev–Trinajstić information content (AvgIpc) is 2.59. The van der Waals surface area contributed by atoms with Gasteiger partial charge in [0, 0.05) is 10.9 Å². The van der Waals surface area contributed by atoms with Crippen molar-refractivity contribution in [1.29, 1.82) is 0 Å². The summed E-state index contributed by atoms with van der Waals surface area (Å²) in [5.41, 5.74) is -1.000. The summed E-state index contributed by atoms with van der Waals surface area (Å²) < 4.78 is 45.4. The van der Waals surface area contributed by atoms with E-state index in [1.165, 1.54) is 18.2 Å². The zero-order valence-electron chi connectivity index (χ0n) is 13.7. The number of benzene rings is 2. The fourth-order valence-corrected chi connectivity index (χ4v) is 2.71. The summed E-state index contributed by atoms with van der Waals surface area (Å²) >= 11 is 0. The smallest absolute Gasteiger partial charge is 0.418 e. The molecule has 0 aliphatic rings. The highest BCUT2D eigenvalue weighted by Gasteiger charge is 2.34. The number of carboxylic acid groups (broad SMARTS) is 1. The number of halogens is 3. The van der Waals surface area contributed by atoms with E-state index in [4.69, 9.17) is 4.74 Å². The Morgan fingerprint density at radius 2 is 1.88 bits per heavy atom. The van der Waals surface area contributed by atoms with E-state index in [-0.39, 0.29) is 16.6 Å². The van der Waals surface area contributed by atoms with Crippen LogP contribution < -0.4 is 4.74 Å². The van der Waals surface area contributed by atoms with Gasteiger partial charge in [-0.3, -0.25) is 0 Å². The molecule has 0 saturated heterocycles. The van der Waals surface area contributed by atoms with E-state index in [1.54, 1.807) is 31.2 Å². The van der Waals surface area contributed by atoms with Crippen molar-refractivity contribution in [3.63, 3.8) is 0 Å². The molecule has 1 heterocycles. The number of pyridine rings is 1. The second-order valence-corrected chi connectivity index (χ2v) is 5.52. The highest BCUT2D eigenvalue weighted by Crippen LogP contribution is 2.36. The van der Waals surface area contributed by atoms with E-state index in [9.17, 15) is 23.1 Å². The van der Waals surface area contributed by atoms with Crippen molar-refractivity contribution in [1.82, 2.24) is 4.98 Å². The van der Waals surface area contributed by atoms with E-state index < -0.39 is 23.2 Å². The van der Waals surface area contributed by atoms with Gasteiger partial charge < -0.3 is 9.84 Å². The summed E-state index contributed by atoms with van der Waals surface area (Å²) in [5.74, 6) is -0.799. The minimum Gasteiger partial charge on any atom is -0.494 e. The minimum absolute atomic E-state index is 0.0583. The predicted molar refractivity (Wildman–Crippen MR) is 90.3 cm³/mol. The average molecular weight is 361 g/mol. The van der Waals surface area contributed by atoms with E-state index in [0.717, 1.165) is 6.07 Å². The molecule has 1 aromatic heterocycles. The lowest BCUT2D eigenvalue weighted by atomic mass is 10.0. The number of rotatable bonds is 4. The normalized spacial score (nSPS) is 11.5. The number of nitrogens with zero attached hydrogens (tertiary/aromatic N) is 1. The third kappa shape index (κ3) is 3.33. The molecule has 3 aromatic rings. The largest absolute Gasteiger partial charge is 0.494 e. The molecule has 4 nitrogen and oxygen atoms in total. The first-order chi connectivity index (χ1) is 12.3. The summed E-state index contributed by atoms with van der Waals surface area (Å²) in [6.07, 6.45) is -4.64. The highest BCUT2D eigenvalue weighted by atomic mass is 19.4. The number of hydrogen-bond donors (Lipinski definition) is 1. The fourth-order valence-electron chi connectivity index (χ4n) is 2.71. The molecule has 26 heavy (non-hydrogen) atoms. The maximum absolute atomic E-state index is 13.3. The molecule has 3 rings (SSSR count). The Balaban J connectivity index is 2.30. The molecule has 7 heteroatoms. The van der Waals surface area contributed by atoms with Crippen molar-refractivity contribution in [3.8, 4) is 17.0 Å². The fraction of sp³-hybridized carbons (Fsp3) is 0.158. The molecule has 0 aliphatic heterocycles. The Hall–Kier alpha value is -3.09. The van der Waals surface area contributed by atoms with Crippen LogP contribution in [0.2, 0.25) is 0 Å². The number of hydrogen-bond acceptors (Lipinski definition) is 3. The number of carboxylic acids is 1. The van der Waals surface area contributed by atoms with Gasteiger partial charge in [-0.05, 0) is 31.2 Å². The summed E-state index contributed by atoms with van der Waals surface area (Å²) in [6.45, 7) is 2.23. The van der Waals surface area contributed by atoms with Crippen LogP contribution in [0, 0.1) is 0 Å². The lowest BCUT2D eigenvalue weighted by molar-refractivity contribution is -0.136. The topological polar surface area (TPSA) is 59.4 Å². The van der Waals surface area contributed by atoms with Crippen LogP contribution in [-0.4, -0.2) is 22.7 Å². The molecule has 0 amide bonds.